The number of carbonyl (C=O) groups is 2. The first-order chi connectivity index (χ1) is 12.8. The molecule has 0 saturated carbocycles. The second kappa shape index (κ2) is 6.75. The third-order valence-electron chi connectivity index (χ3n) is 4.13. The number of ether oxygens (including phenoxy) is 1. The molecule has 0 aliphatic rings. The van der Waals surface area contributed by atoms with Crippen molar-refractivity contribution in [1.82, 2.24) is 15.3 Å². The number of para-hydroxylation sites is 1. The first kappa shape index (κ1) is 18.4. The number of methoxy groups -OCH3 is 1. The smallest absolute Gasteiger partial charge is 0.426 e. The topological polar surface area (TPSA) is 84.1 Å². The molecule has 0 fully saturated rings. The summed E-state index contributed by atoms with van der Waals surface area (Å²) in [6.45, 7) is 0. The third-order valence-corrected chi connectivity index (χ3v) is 4.13. The van der Waals surface area contributed by atoms with Crippen LogP contribution in [0.1, 0.15) is 15.9 Å². The van der Waals surface area contributed by atoms with E-state index in [9.17, 15) is 22.8 Å². The summed E-state index contributed by atoms with van der Waals surface area (Å²) >= 11 is 0. The maximum atomic E-state index is 14.2. The van der Waals surface area contributed by atoms with E-state index < -0.39 is 29.2 Å². The molecule has 27 heavy (non-hydrogen) atoms. The number of nitrogens with zero attached hydrogens (tertiary/aromatic N) is 1. The van der Waals surface area contributed by atoms with Crippen molar-refractivity contribution in [3.05, 3.63) is 66.1 Å². The van der Waals surface area contributed by atoms with Crippen molar-refractivity contribution in [2.45, 2.75) is 11.7 Å². The highest BCUT2D eigenvalue weighted by molar-refractivity contribution is 6.01. The Bertz CT molecular complexity index is 985. The molecule has 0 saturated heterocycles. The van der Waals surface area contributed by atoms with Crippen LogP contribution < -0.4 is 5.32 Å². The molecule has 2 heterocycles. The lowest BCUT2D eigenvalue weighted by Gasteiger charge is -2.33. The maximum absolute atomic E-state index is 14.2. The van der Waals surface area contributed by atoms with Crippen molar-refractivity contribution in [2.75, 3.05) is 7.11 Å². The molecule has 0 aliphatic carbocycles. The number of fused-ring (bicyclic) bond motifs is 1. The van der Waals surface area contributed by atoms with Gasteiger partial charge >= 0.3 is 12.1 Å². The summed E-state index contributed by atoms with van der Waals surface area (Å²) in [4.78, 5) is 31.3. The third kappa shape index (κ3) is 3.01. The molecular weight excluding hydrogens is 363 g/mol. The van der Waals surface area contributed by atoms with E-state index in [4.69, 9.17) is 0 Å². The van der Waals surface area contributed by atoms with Gasteiger partial charge in [0.05, 0.1) is 12.7 Å². The van der Waals surface area contributed by atoms with Gasteiger partial charge in [0.1, 0.15) is 0 Å². The highest BCUT2D eigenvalue weighted by Gasteiger charge is 2.64. The first-order valence-corrected chi connectivity index (χ1v) is 7.75. The van der Waals surface area contributed by atoms with Crippen LogP contribution in [0.25, 0.3) is 10.9 Å². The number of halogens is 3. The number of pyridine rings is 1. The first-order valence-electron chi connectivity index (χ1n) is 7.75. The van der Waals surface area contributed by atoms with Crippen LogP contribution in [0.2, 0.25) is 0 Å². The number of amides is 1. The van der Waals surface area contributed by atoms with Gasteiger partial charge in [-0.05, 0) is 18.2 Å². The fraction of sp³-hybridized carbons (Fsp3) is 0.167. The zero-order valence-corrected chi connectivity index (χ0v) is 14.0. The van der Waals surface area contributed by atoms with Crippen molar-refractivity contribution in [1.29, 1.82) is 0 Å². The minimum atomic E-state index is -5.18. The Morgan fingerprint density at radius 2 is 1.89 bits per heavy atom. The van der Waals surface area contributed by atoms with Gasteiger partial charge in [-0.25, -0.2) is 4.79 Å². The second-order valence-electron chi connectivity index (χ2n) is 5.68. The van der Waals surface area contributed by atoms with Crippen LogP contribution in [-0.4, -0.2) is 35.1 Å². The Hall–Kier alpha value is -3.36. The molecule has 0 aliphatic heterocycles. The van der Waals surface area contributed by atoms with E-state index >= 15 is 0 Å². The van der Waals surface area contributed by atoms with Crippen LogP contribution in [0.5, 0.6) is 0 Å². The number of benzene rings is 1. The maximum Gasteiger partial charge on any atom is 0.426 e. The van der Waals surface area contributed by atoms with Gasteiger partial charge in [0.15, 0.2) is 0 Å². The van der Waals surface area contributed by atoms with Crippen LogP contribution >= 0.6 is 0 Å². The van der Waals surface area contributed by atoms with Crippen LogP contribution in [0.3, 0.4) is 0 Å². The number of rotatable bonds is 4. The predicted molar refractivity (Wildman–Crippen MR) is 89.8 cm³/mol. The minimum absolute atomic E-state index is 0.130. The largest absolute Gasteiger partial charge is 0.467 e. The molecule has 1 atom stereocenters. The van der Waals surface area contributed by atoms with Gasteiger partial charge < -0.3 is 15.0 Å². The molecule has 1 amide bonds. The Balaban J connectivity index is 2.23. The number of hydrogen-bond acceptors (Lipinski definition) is 4. The summed E-state index contributed by atoms with van der Waals surface area (Å²) in [5.74, 6) is -2.77. The number of carbonyl (C=O) groups excluding carboxylic acids is 2. The van der Waals surface area contributed by atoms with Gasteiger partial charge in [-0.3, -0.25) is 9.78 Å². The molecule has 140 valence electrons. The molecule has 2 N–H and O–H groups in total. The number of hydrogen-bond donors (Lipinski definition) is 2. The van der Waals surface area contributed by atoms with Gasteiger partial charge in [-0.2, -0.15) is 13.2 Å². The van der Waals surface area contributed by atoms with E-state index in [0.29, 0.717) is 5.52 Å². The fourth-order valence-corrected chi connectivity index (χ4v) is 2.84. The number of H-pyrrole nitrogens is 1. The molecule has 0 radical (unpaired) electrons. The molecule has 0 spiro atoms. The second-order valence-corrected chi connectivity index (χ2v) is 5.68. The molecule has 6 nitrogen and oxygen atoms in total. The van der Waals surface area contributed by atoms with E-state index in [-0.39, 0.29) is 10.9 Å². The normalized spacial score (nSPS) is 13.8. The molecule has 2 aromatic heterocycles. The Morgan fingerprint density at radius 3 is 2.52 bits per heavy atom. The van der Waals surface area contributed by atoms with Crippen molar-refractivity contribution < 1.29 is 27.5 Å². The summed E-state index contributed by atoms with van der Waals surface area (Å²) in [5, 5.41) is 1.96. The van der Waals surface area contributed by atoms with E-state index in [1.807, 2.05) is 5.32 Å². The number of aromatic amines is 1. The zero-order valence-electron chi connectivity index (χ0n) is 14.0. The molecule has 1 unspecified atom stereocenters. The summed E-state index contributed by atoms with van der Waals surface area (Å²) in [7, 11) is 0.827. The molecule has 3 aromatic rings. The van der Waals surface area contributed by atoms with Crippen LogP contribution in [0.15, 0.2) is 55.0 Å². The van der Waals surface area contributed by atoms with Gasteiger partial charge in [0.2, 0.25) is 0 Å². The number of aromatic nitrogens is 2. The zero-order chi connectivity index (χ0) is 19.7. The average Bonchev–Trinajstić information content (AvgIpc) is 3.09. The van der Waals surface area contributed by atoms with Crippen molar-refractivity contribution >= 4 is 22.8 Å². The highest BCUT2D eigenvalue weighted by Crippen LogP contribution is 2.43. The van der Waals surface area contributed by atoms with E-state index in [2.05, 4.69) is 14.7 Å². The van der Waals surface area contributed by atoms with Gasteiger partial charge in [0, 0.05) is 35.1 Å². The quantitative estimate of drug-likeness (QED) is 0.685. The summed E-state index contributed by atoms with van der Waals surface area (Å²) in [6.07, 6.45) is -1.67. The number of esters is 1. The van der Waals surface area contributed by atoms with Crippen LogP contribution in [0, 0.1) is 0 Å². The Kier molecular flexibility index (Phi) is 4.61. The fourth-order valence-electron chi connectivity index (χ4n) is 2.84. The lowest BCUT2D eigenvalue weighted by molar-refractivity contribution is -0.212. The summed E-state index contributed by atoms with van der Waals surface area (Å²) in [6, 6.07) is 8.82. The van der Waals surface area contributed by atoms with E-state index in [0.717, 1.165) is 19.5 Å². The van der Waals surface area contributed by atoms with E-state index in [1.165, 1.54) is 30.5 Å². The SMILES string of the molecule is COC(=O)C(NC(=O)c1cccnc1)(c1c[nH]c2ccccc12)C(F)(F)F. The number of alkyl halides is 3. The summed E-state index contributed by atoms with van der Waals surface area (Å²) < 4.78 is 47.2. The van der Waals surface area contributed by atoms with E-state index in [1.54, 1.807) is 12.1 Å². The Labute approximate surface area is 151 Å². The van der Waals surface area contributed by atoms with Gasteiger partial charge in [0.25, 0.3) is 11.4 Å². The number of nitrogens with one attached hydrogen (secondary N) is 2. The van der Waals surface area contributed by atoms with Crippen LogP contribution in [0.4, 0.5) is 13.2 Å². The summed E-state index contributed by atoms with van der Waals surface area (Å²) in [5.41, 5.74) is -3.61. The monoisotopic (exact) mass is 377 g/mol. The predicted octanol–water partition coefficient (Wildman–Crippen LogP) is 2.92. The van der Waals surface area contributed by atoms with Crippen molar-refractivity contribution in [3.8, 4) is 0 Å². The lowest BCUT2D eigenvalue weighted by Crippen LogP contribution is -2.61. The van der Waals surface area contributed by atoms with Gasteiger partial charge in [-0.1, -0.05) is 18.2 Å². The van der Waals surface area contributed by atoms with Crippen LogP contribution in [-0.2, 0) is 15.1 Å². The average molecular weight is 377 g/mol. The highest BCUT2D eigenvalue weighted by atomic mass is 19.4. The van der Waals surface area contributed by atoms with Crippen molar-refractivity contribution in [2.24, 2.45) is 0 Å². The molecular formula is C18H14F3N3O3. The minimum Gasteiger partial charge on any atom is -0.467 e. The Morgan fingerprint density at radius 1 is 1.15 bits per heavy atom. The molecule has 3 rings (SSSR count). The van der Waals surface area contributed by atoms with Gasteiger partial charge in [-0.15, -0.1) is 0 Å². The molecule has 9 heteroatoms. The van der Waals surface area contributed by atoms with Crippen molar-refractivity contribution in [3.63, 3.8) is 0 Å². The molecule has 0 bridgehead atoms. The standard InChI is InChI=1S/C18H14F3N3O3/c1-27-16(26)17(18(19,20)21,24-15(25)11-5-4-8-22-9-11)13-10-23-14-7-3-2-6-12(13)14/h2-10,23H,1H3,(H,24,25). The lowest BCUT2D eigenvalue weighted by atomic mass is 9.88. The molecule has 1 aromatic carbocycles.